The van der Waals surface area contributed by atoms with Crippen LogP contribution in [0.25, 0.3) is 0 Å². The molecule has 5 heteroatoms. The molecule has 2 nitrogen and oxygen atoms in total. The van der Waals surface area contributed by atoms with Gasteiger partial charge in [0.15, 0.2) is 0 Å². The Balaban J connectivity index is 2.26. The highest BCUT2D eigenvalue weighted by atomic mass is 79.9. The van der Waals surface area contributed by atoms with Gasteiger partial charge in [-0.3, -0.25) is 0 Å². The molecule has 0 N–H and O–H groups in total. The van der Waals surface area contributed by atoms with Crippen LogP contribution in [0.5, 0.6) is 17.2 Å². The van der Waals surface area contributed by atoms with E-state index in [1.165, 1.54) is 0 Å². The minimum atomic E-state index is 0.423. The molecule has 100 valence electrons. The molecule has 0 amide bonds. The zero-order valence-corrected chi connectivity index (χ0v) is 13.2. The average molecular weight is 362 g/mol. The summed E-state index contributed by atoms with van der Waals surface area (Å²) < 4.78 is 11.7. The first-order valence-electron chi connectivity index (χ1n) is 5.50. The highest BCUT2D eigenvalue weighted by molar-refractivity contribution is 9.10. The van der Waals surface area contributed by atoms with E-state index in [1.807, 2.05) is 24.3 Å². The van der Waals surface area contributed by atoms with Crippen LogP contribution in [0.1, 0.15) is 5.56 Å². The van der Waals surface area contributed by atoms with Gasteiger partial charge in [-0.15, -0.1) is 11.6 Å². The molecule has 19 heavy (non-hydrogen) atoms. The van der Waals surface area contributed by atoms with Gasteiger partial charge in [-0.25, -0.2) is 0 Å². The summed E-state index contributed by atoms with van der Waals surface area (Å²) in [6.07, 6.45) is 0. The molecule has 0 unspecified atom stereocenters. The lowest BCUT2D eigenvalue weighted by molar-refractivity contribution is 0.412. The second-order valence-electron chi connectivity index (χ2n) is 3.80. The molecule has 0 saturated heterocycles. The summed E-state index contributed by atoms with van der Waals surface area (Å²) in [5.74, 6) is 2.43. The number of hydrogen-bond donors (Lipinski definition) is 0. The van der Waals surface area contributed by atoms with Crippen molar-refractivity contribution in [2.45, 2.75) is 5.88 Å². The van der Waals surface area contributed by atoms with Crippen molar-refractivity contribution < 1.29 is 9.47 Å². The van der Waals surface area contributed by atoms with Crippen LogP contribution in [0.3, 0.4) is 0 Å². The molecule has 2 rings (SSSR count). The molecular weight excluding hydrogens is 351 g/mol. The van der Waals surface area contributed by atoms with E-state index in [4.69, 9.17) is 32.7 Å². The van der Waals surface area contributed by atoms with E-state index in [2.05, 4.69) is 15.9 Å². The van der Waals surface area contributed by atoms with Crippen LogP contribution in [0.2, 0.25) is 5.02 Å². The van der Waals surface area contributed by atoms with Gasteiger partial charge in [0, 0.05) is 5.88 Å². The summed E-state index contributed by atoms with van der Waals surface area (Å²) in [4.78, 5) is 0. The van der Waals surface area contributed by atoms with Crippen molar-refractivity contribution in [2.24, 2.45) is 0 Å². The number of alkyl halides is 1. The third-order valence-corrected chi connectivity index (χ3v) is 3.73. The summed E-state index contributed by atoms with van der Waals surface area (Å²) in [5, 5.41) is 0.529. The number of rotatable bonds is 4. The summed E-state index contributed by atoms with van der Waals surface area (Å²) in [6, 6.07) is 10.9. The monoisotopic (exact) mass is 360 g/mol. The Labute approximate surface area is 130 Å². The summed E-state index contributed by atoms with van der Waals surface area (Å²) >= 11 is 15.3. The highest BCUT2D eigenvalue weighted by Crippen LogP contribution is 2.36. The SMILES string of the molecule is COc1ccc(Oc2ccc(CCl)cc2Cl)c(Br)c1. The fourth-order valence-corrected chi connectivity index (χ4v) is 2.37. The normalized spacial score (nSPS) is 10.3. The molecule has 2 aromatic carbocycles. The molecule has 0 bridgehead atoms. The van der Waals surface area contributed by atoms with Crippen LogP contribution in [-0.4, -0.2) is 7.11 Å². The Morgan fingerprint density at radius 3 is 2.42 bits per heavy atom. The lowest BCUT2D eigenvalue weighted by Crippen LogP contribution is -1.89. The lowest BCUT2D eigenvalue weighted by atomic mass is 10.2. The first-order valence-corrected chi connectivity index (χ1v) is 7.20. The quantitative estimate of drug-likeness (QED) is 0.656. The van der Waals surface area contributed by atoms with Gasteiger partial charge in [-0.05, 0) is 51.8 Å². The number of halogens is 3. The van der Waals surface area contributed by atoms with Gasteiger partial charge < -0.3 is 9.47 Å². The molecule has 0 atom stereocenters. The van der Waals surface area contributed by atoms with E-state index in [0.717, 1.165) is 15.8 Å². The van der Waals surface area contributed by atoms with E-state index < -0.39 is 0 Å². The molecule has 0 saturated carbocycles. The van der Waals surface area contributed by atoms with Crippen LogP contribution in [-0.2, 0) is 5.88 Å². The maximum Gasteiger partial charge on any atom is 0.146 e. The van der Waals surface area contributed by atoms with Gasteiger partial charge in [-0.2, -0.15) is 0 Å². The van der Waals surface area contributed by atoms with Crippen LogP contribution >= 0.6 is 39.1 Å². The maximum atomic E-state index is 6.15. The summed E-state index contributed by atoms with van der Waals surface area (Å²) in [7, 11) is 1.62. The maximum absolute atomic E-state index is 6.15. The second-order valence-corrected chi connectivity index (χ2v) is 5.33. The molecule has 0 aliphatic carbocycles. The summed E-state index contributed by atoms with van der Waals surface area (Å²) in [5.41, 5.74) is 0.952. The number of benzene rings is 2. The zero-order valence-electron chi connectivity index (χ0n) is 10.1. The van der Waals surface area contributed by atoms with E-state index >= 15 is 0 Å². The van der Waals surface area contributed by atoms with Gasteiger partial charge in [0.25, 0.3) is 0 Å². The lowest BCUT2D eigenvalue weighted by Gasteiger charge is -2.11. The third-order valence-electron chi connectivity index (χ3n) is 2.51. The van der Waals surface area contributed by atoms with E-state index in [9.17, 15) is 0 Å². The Hall–Kier alpha value is -0.900. The topological polar surface area (TPSA) is 18.5 Å². The van der Waals surface area contributed by atoms with Gasteiger partial charge in [-0.1, -0.05) is 17.7 Å². The van der Waals surface area contributed by atoms with Gasteiger partial charge in [0.05, 0.1) is 16.6 Å². The van der Waals surface area contributed by atoms with Crippen LogP contribution in [0, 0.1) is 0 Å². The van der Waals surface area contributed by atoms with Gasteiger partial charge in [0.2, 0.25) is 0 Å². The molecule has 0 aliphatic rings. The molecule has 0 aliphatic heterocycles. The van der Waals surface area contributed by atoms with Crippen LogP contribution in [0.15, 0.2) is 40.9 Å². The van der Waals surface area contributed by atoms with E-state index in [0.29, 0.717) is 22.4 Å². The Morgan fingerprint density at radius 1 is 1.11 bits per heavy atom. The van der Waals surface area contributed by atoms with E-state index in [1.54, 1.807) is 19.2 Å². The zero-order chi connectivity index (χ0) is 13.8. The molecule has 2 aromatic rings. The number of hydrogen-bond acceptors (Lipinski definition) is 2. The molecular formula is C14H11BrCl2O2. The Kier molecular flexibility index (Phi) is 4.97. The largest absolute Gasteiger partial charge is 0.497 e. The number of ether oxygens (including phenoxy) is 2. The van der Waals surface area contributed by atoms with Crippen LogP contribution < -0.4 is 9.47 Å². The van der Waals surface area contributed by atoms with Crippen molar-refractivity contribution in [1.29, 1.82) is 0 Å². The van der Waals surface area contributed by atoms with Crippen molar-refractivity contribution in [3.63, 3.8) is 0 Å². The van der Waals surface area contributed by atoms with Crippen molar-refractivity contribution in [3.05, 3.63) is 51.5 Å². The first-order chi connectivity index (χ1) is 9.13. The molecule has 0 heterocycles. The fraction of sp³-hybridized carbons (Fsp3) is 0.143. The van der Waals surface area contributed by atoms with Crippen molar-refractivity contribution >= 4 is 39.1 Å². The second kappa shape index (κ2) is 6.51. The average Bonchev–Trinajstić information content (AvgIpc) is 2.42. The minimum absolute atomic E-state index is 0.423. The molecule has 0 aromatic heterocycles. The fourth-order valence-electron chi connectivity index (χ4n) is 1.52. The van der Waals surface area contributed by atoms with Gasteiger partial charge >= 0.3 is 0 Å². The van der Waals surface area contributed by atoms with E-state index in [-0.39, 0.29) is 0 Å². The molecule has 0 fully saturated rings. The smallest absolute Gasteiger partial charge is 0.146 e. The minimum Gasteiger partial charge on any atom is -0.497 e. The molecule has 0 radical (unpaired) electrons. The number of methoxy groups -OCH3 is 1. The van der Waals surface area contributed by atoms with Crippen molar-refractivity contribution in [3.8, 4) is 17.2 Å². The molecule has 0 spiro atoms. The predicted octanol–water partition coefficient (Wildman–Crippen LogP) is 5.64. The standard InChI is InChI=1S/C14H11BrCl2O2/c1-18-10-3-5-13(11(15)7-10)19-14-4-2-9(8-16)6-12(14)17/h2-7H,8H2,1H3. The Morgan fingerprint density at radius 2 is 1.84 bits per heavy atom. The highest BCUT2D eigenvalue weighted by Gasteiger charge is 2.08. The predicted molar refractivity (Wildman–Crippen MR) is 81.8 cm³/mol. The first kappa shape index (κ1) is 14.5. The Bertz CT molecular complexity index is 536. The van der Waals surface area contributed by atoms with Crippen molar-refractivity contribution in [2.75, 3.05) is 7.11 Å². The third kappa shape index (κ3) is 3.56. The summed E-state index contributed by atoms with van der Waals surface area (Å²) in [6.45, 7) is 0. The van der Waals surface area contributed by atoms with Crippen LogP contribution in [0.4, 0.5) is 0 Å². The van der Waals surface area contributed by atoms with Crippen molar-refractivity contribution in [1.82, 2.24) is 0 Å². The van der Waals surface area contributed by atoms with Gasteiger partial charge in [0.1, 0.15) is 17.2 Å².